The lowest BCUT2D eigenvalue weighted by molar-refractivity contribution is -0.136. The molecular formula is C15H16N2O3. The van der Waals surface area contributed by atoms with Crippen molar-refractivity contribution in [2.75, 3.05) is 13.1 Å². The Labute approximate surface area is 117 Å². The largest absolute Gasteiger partial charge is 0.352 e. The van der Waals surface area contributed by atoms with Crippen molar-refractivity contribution in [2.24, 2.45) is 0 Å². The Balaban J connectivity index is 2.23. The number of carbonyl (C=O) groups excluding carboxylic acids is 3. The molecule has 1 aromatic carbocycles. The molecular weight excluding hydrogens is 256 g/mol. The number of hydrogen-bond donors (Lipinski definition) is 1. The summed E-state index contributed by atoms with van der Waals surface area (Å²) in [6.45, 7) is 4.52. The Morgan fingerprint density at radius 3 is 2.30 bits per heavy atom. The van der Waals surface area contributed by atoms with Crippen LogP contribution < -0.4 is 5.32 Å². The average Bonchev–Trinajstić information content (AvgIpc) is 2.74. The smallest absolute Gasteiger partial charge is 0.261 e. The van der Waals surface area contributed by atoms with Gasteiger partial charge in [-0.1, -0.05) is 12.1 Å². The first-order valence-corrected chi connectivity index (χ1v) is 6.54. The van der Waals surface area contributed by atoms with Crippen LogP contribution in [0, 0.1) is 0 Å². The molecule has 20 heavy (non-hydrogen) atoms. The molecule has 5 nitrogen and oxygen atoms in total. The summed E-state index contributed by atoms with van der Waals surface area (Å²) in [7, 11) is 0. The van der Waals surface area contributed by atoms with Crippen molar-refractivity contribution in [3.8, 4) is 0 Å². The van der Waals surface area contributed by atoms with Crippen LogP contribution in [0.5, 0.6) is 0 Å². The second-order valence-corrected chi connectivity index (χ2v) is 4.38. The average molecular weight is 272 g/mol. The topological polar surface area (TPSA) is 66.5 Å². The van der Waals surface area contributed by atoms with Crippen LogP contribution in [-0.2, 0) is 9.59 Å². The highest BCUT2D eigenvalue weighted by molar-refractivity contribution is 6.33. The molecule has 0 saturated heterocycles. The lowest BCUT2D eigenvalue weighted by Crippen LogP contribution is -2.30. The van der Waals surface area contributed by atoms with Crippen LogP contribution >= 0.6 is 0 Å². The molecule has 0 saturated carbocycles. The standard InChI is InChI=1S/C15H16N2O3/c1-3-16-14(19)11-7-5-10(6-8-11)12-9-13(18)17(4-2)15(12)20/h5-9H,3-4H2,1-2H3,(H,16,19). The van der Waals surface area contributed by atoms with E-state index in [9.17, 15) is 14.4 Å². The van der Waals surface area contributed by atoms with E-state index in [4.69, 9.17) is 0 Å². The molecule has 5 heteroatoms. The molecule has 0 spiro atoms. The molecule has 0 aromatic heterocycles. The van der Waals surface area contributed by atoms with Gasteiger partial charge in [-0.05, 0) is 31.5 Å². The van der Waals surface area contributed by atoms with Gasteiger partial charge in [-0.15, -0.1) is 0 Å². The van der Waals surface area contributed by atoms with Gasteiger partial charge in [0.1, 0.15) is 0 Å². The van der Waals surface area contributed by atoms with Crippen molar-refractivity contribution in [2.45, 2.75) is 13.8 Å². The van der Waals surface area contributed by atoms with Gasteiger partial charge in [-0.25, -0.2) is 0 Å². The van der Waals surface area contributed by atoms with Crippen molar-refractivity contribution in [3.63, 3.8) is 0 Å². The van der Waals surface area contributed by atoms with Crippen LogP contribution in [-0.4, -0.2) is 35.7 Å². The van der Waals surface area contributed by atoms with Gasteiger partial charge in [0.05, 0.1) is 5.57 Å². The molecule has 1 aliphatic heterocycles. The zero-order valence-electron chi connectivity index (χ0n) is 11.5. The van der Waals surface area contributed by atoms with Gasteiger partial charge in [0, 0.05) is 24.7 Å². The predicted octanol–water partition coefficient (Wildman–Crippen LogP) is 1.21. The molecule has 0 aliphatic carbocycles. The Bertz CT molecular complexity index is 588. The minimum atomic E-state index is -0.291. The van der Waals surface area contributed by atoms with Crippen LogP contribution in [0.15, 0.2) is 30.3 Å². The number of carbonyl (C=O) groups is 3. The van der Waals surface area contributed by atoms with Gasteiger partial charge in [0.25, 0.3) is 17.7 Å². The maximum atomic E-state index is 12.0. The van der Waals surface area contributed by atoms with Crippen molar-refractivity contribution < 1.29 is 14.4 Å². The molecule has 0 bridgehead atoms. The van der Waals surface area contributed by atoms with E-state index in [0.717, 1.165) is 0 Å². The van der Waals surface area contributed by atoms with Crippen LogP contribution in [0.3, 0.4) is 0 Å². The molecule has 1 aliphatic rings. The monoisotopic (exact) mass is 272 g/mol. The van der Waals surface area contributed by atoms with Gasteiger partial charge < -0.3 is 5.32 Å². The highest BCUT2D eigenvalue weighted by atomic mass is 16.2. The number of hydrogen-bond acceptors (Lipinski definition) is 3. The maximum Gasteiger partial charge on any atom is 0.261 e. The minimum Gasteiger partial charge on any atom is -0.352 e. The normalized spacial score (nSPS) is 14.5. The number of imide groups is 1. The van der Waals surface area contributed by atoms with Crippen molar-refractivity contribution in [1.29, 1.82) is 0 Å². The van der Waals surface area contributed by atoms with Crippen molar-refractivity contribution in [3.05, 3.63) is 41.5 Å². The molecule has 1 heterocycles. The zero-order chi connectivity index (χ0) is 14.7. The van der Waals surface area contributed by atoms with E-state index in [1.54, 1.807) is 31.2 Å². The van der Waals surface area contributed by atoms with E-state index in [1.165, 1.54) is 11.0 Å². The quantitative estimate of drug-likeness (QED) is 0.838. The Morgan fingerprint density at radius 2 is 1.80 bits per heavy atom. The van der Waals surface area contributed by atoms with E-state index in [-0.39, 0.29) is 17.7 Å². The summed E-state index contributed by atoms with van der Waals surface area (Å²) in [5.41, 5.74) is 1.55. The van der Waals surface area contributed by atoms with E-state index >= 15 is 0 Å². The summed E-state index contributed by atoms with van der Waals surface area (Å²) < 4.78 is 0. The lowest BCUT2D eigenvalue weighted by atomic mass is 10.0. The third kappa shape index (κ3) is 2.47. The number of nitrogens with zero attached hydrogens (tertiary/aromatic N) is 1. The Hall–Kier alpha value is -2.43. The van der Waals surface area contributed by atoms with Crippen LogP contribution in [0.2, 0.25) is 0 Å². The third-order valence-electron chi connectivity index (χ3n) is 3.12. The first kappa shape index (κ1) is 14.0. The number of benzene rings is 1. The number of rotatable bonds is 4. The highest BCUT2D eigenvalue weighted by Crippen LogP contribution is 2.23. The van der Waals surface area contributed by atoms with E-state index < -0.39 is 0 Å². The number of amides is 3. The molecule has 0 atom stereocenters. The van der Waals surface area contributed by atoms with E-state index in [2.05, 4.69) is 5.32 Å². The van der Waals surface area contributed by atoms with Gasteiger partial charge in [0.15, 0.2) is 0 Å². The van der Waals surface area contributed by atoms with Gasteiger partial charge in [0.2, 0.25) is 0 Å². The molecule has 1 aromatic rings. The summed E-state index contributed by atoms with van der Waals surface area (Å²) in [6.07, 6.45) is 1.34. The van der Waals surface area contributed by atoms with E-state index in [1.807, 2.05) is 6.92 Å². The first-order valence-electron chi connectivity index (χ1n) is 6.54. The zero-order valence-corrected chi connectivity index (χ0v) is 11.5. The molecule has 0 fully saturated rings. The van der Waals surface area contributed by atoms with E-state index in [0.29, 0.717) is 29.8 Å². The highest BCUT2D eigenvalue weighted by Gasteiger charge is 2.30. The van der Waals surface area contributed by atoms with Crippen LogP contribution in [0.1, 0.15) is 29.8 Å². The molecule has 1 N–H and O–H groups in total. The summed E-state index contributed by atoms with van der Waals surface area (Å²) in [5.74, 6) is -0.736. The Morgan fingerprint density at radius 1 is 1.15 bits per heavy atom. The predicted molar refractivity (Wildman–Crippen MR) is 74.8 cm³/mol. The summed E-state index contributed by atoms with van der Waals surface area (Å²) in [4.78, 5) is 36.5. The fraction of sp³-hybridized carbons (Fsp3) is 0.267. The van der Waals surface area contributed by atoms with Crippen LogP contribution in [0.4, 0.5) is 0 Å². The van der Waals surface area contributed by atoms with Crippen molar-refractivity contribution in [1.82, 2.24) is 10.2 Å². The molecule has 0 unspecified atom stereocenters. The summed E-state index contributed by atoms with van der Waals surface area (Å²) in [6, 6.07) is 6.66. The SMILES string of the molecule is CCNC(=O)c1ccc(C2=CC(=O)N(CC)C2=O)cc1. The number of nitrogens with one attached hydrogen (secondary N) is 1. The summed E-state index contributed by atoms with van der Waals surface area (Å²) >= 11 is 0. The molecule has 104 valence electrons. The summed E-state index contributed by atoms with van der Waals surface area (Å²) in [5, 5.41) is 2.70. The molecule has 3 amide bonds. The lowest BCUT2D eigenvalue weighted by Gasteiger charge is -2.11. The maximum absolute atomic E-state index is 12.0. The molecule has 2 rings (SSSR count). The van der Waals surface area contributed by atoms with Crippen LogP contribution in [0.25, 0.3) is 5.57 Å². The van der Waals surface area contributed by atoms with Gasteiger partial charge >= 0.3 is 0 Å². The minimum absolute atomic E-state index is 0.156. The second-order valence-electron chi connectivity index (χ2n) is 4.38. The van der Waals surface area contributed by atoms with Gasteiger partial charge in [-0.3, -0.25) is 19.3 Å². The fourth-order valence-corrected chi connectivity index (χ4v) is 2.08. The molecule has 0 radical (unpaired) electrons. The van der Waals surface area contributed by atoms with Crippen molar-refractivity contribution >= 4 is 23.3 Å². The Kier molecular flexibility index (Phi) is 3.98. The second kappa shape index (κ2) is 5.69. The number of likely N-dealkylation sites (N-methyl/N-ethyl adjacent to an activating group) is 1. The first-order chi connectivity index (χ1) is 9.58. The van der Waals surface area contributed by atoms with Gasteiger partial charge in [-0.2, -0.15) is 0 Å². The third-order valence-corrected chi connectivity index (χ3v) is 3.12. The fourth-order valence-electron chi connectivity index (χ4n) is 2.08.